The van der Waals surface area contributed by atoms with E-state index in [0.717, 1.165) is 0 Å². The predicted molar refractivity (Wildman–Crippen MR) is 67.7 cm³/mol. The van der Waals surface area contributed by atoms with Crippen LogP contribution in [0.4, 0.5) is 14.5 Å². The Morgan fingerprint density at radius 1 is 1.44 bits per heavy atom. The molecule has 6 heteroatoms. The number of rotatable bonds is 3. The number of hydrogen-bond donors (Lipinski definition) is 1. The highest BCUT2D eigenvalue weighted by molar-refractivity contribution is 6.31. The molecule has 0 spiro atoms. The molecule has 0 saturated carbocycles. The molecule has 0 fully saturated rings. The summed E-state index contributed by atoms with van der Waals surface area (Å²) in [5.74, 6) is 0. The van der Waals surface area contributed by atoms with Crippen LogP contribution in [0.3, 0.4) is 0 Å². The van der Waals surface area contributed by atoms with Gasteiger partial charge in [0.15, 0.2) is 0 Å². The van der Waals surface area contributed by atoms with Crippen LogP contribution in [-0.2, 0) is 6.54 Å². The fourth-order valence-corrected chi connectivity index (χ4v) is 1.87. The molecule has 2 rings (SSSR count). The Hall–Kier alpha value is -1.62. The van der Waals surface area contributed by atoms with Gasteiger partial charge in [-0.15, -0.1) is 0 Å². The number of nitrogens with zero attached hydrogens (tertiary/aromatic N) is 2. The minimum Gasteiger partial charge on any atom is -0.398 e. The van der Waals surface area contributed by atoms with Crippen molar-refractivity contribution in [2.24, 2.45) is 0 Å². The Morgan fingerprint density at radius 3 is 2.78 bits per heavy atom. The summed E-state index contributed by atoms with van der Waals surface area (Å²) in [6.07, 6.45) is -1.26. The number of nitrogens with two attached hydrogens (primary N) is 1. The van der Waals surface area contributed by atoms with E-state index >= 15 is 0 Å². The summed E-state index contributed by atoms with van der Waals surface area (Å²) in [7, 11) is 0. The maximum Gasteiger partial charge on any atom is 0.267 e. The Kier molecular flexibility index (Phi) is 3.52. The molecule has 2 N–H and O–H groups in total. The molecule has 96 valence electrons. The molecule has 0 atom stereocenters. The summed E-state index contributed by atoms with van der Waals surface area (Å²) in [6.45, 7) is 2.34. The molecule has 2 aromatic rings. The number of alkyl halides is 2. The minimum absolute atomic E-state index is 0.134. The van der Waals surface area contributed by atoms with Gasteiger partial charge in [-0.25, -0.2) is 8.78 Å². The second kappa shape index (κ2) is 4.94. The zero-order valence-electron chi connectivity index (χ0n) is 9.70. The smallest absolute Gasteiger partial charge is 0.267 e. The van der Waals surface area contributed by atoms with Crippen molar-refractivity contribution in [2.75, 3.05) is 5.73 Å². The number of hydrogen-bond acceptors (Lipinski definition) is 2. The summed E-state index contributed by atoms with van der Waals surface area (Å²) in [5.41, 5.74) is 6.65. The highest BCUT2D eigenvalue weighted by atomic mass is 35.5. The van der Waals surface area contributed by atoms with Gasteiger partial charge in [0.2, 0.25) is 0 Å². The molecule has 0 bridgehead atoms. The molecule has 1 aromatic carbocycles. The van der Waals surface area contributed by atoms with Crippen LogP contribution in [0, 0.1) is 0 Å². The fraction of sp³-hybridized carbons (Fsp3) is 0.250. The van der Waals surface area contributed by atoms with Gasteiger partial charge in [-0.3, -0.25) is 4.68 Å². The van der Waals surface area contributed by atoms with Crippen molar-refractivity contribution in [1.82, 2.24) is 9.78 Å². The van der Waals surface area contributed by atoms with Gasteiger partial charge in [0.05, 0.1) is 5.56 Å². The van der Waals surface area contributed by atoms with Crippen molar-refractivity contribution in [3.63, 3.8) is 0 Å². The van der Waals surface area contributed by atoms with E-state index in [0.29, 0.717) is 22.8 Å². The van der Waals surface area contributed by atoms with Gasteiger partial charge >= 0.3 is 0 Å². The fourth-order valence-electron chi connectivity index (χ4n) is 1.70. The Bertz CT molecular complexity index is 566. The van der Waals surface area contributed by atoms with Crippen molar-refractivity contribution in [1.29, 1.82) is 0 Å². The van der Waals surface area contributed by atoms with Crippen molar-refractivity contribution in [2.45, 2.75) is 19.9 Å². The maximum atomic E-state index is 13.0. The van der Waals surface area contributed by atoms with Crippen LogP contribution in [0.5, 0.6) is 0 Å². The third-order valence-corrected chi connectivity index (χ3v) is 2.85. The minimum atomic E-state index is -2.60. The van der Waals surface area contributed by atoms with Gasteiger partial charge in [0, 0.05) is 29.0 Å². The third-order valence-electron chi connectivity index (χ3n) is 2.62. The Labute approximate surface area is 108 Å². The second-order valence-electron chi connectivity index (χ2n) is 3.82. The van der Waals surface area contributed by atoms with Crippen LogP contribution in [0.15, 0.2) is 24.4 Å². The van der Waals surface area contributed by atoms with Crippen LogP contribution in [0.2, 0.25) is 5.02 Å². The van der Waals surface area contributed by atoms with Gasteiger partial charge in [0.1, 0.15) is 5.69 Å². The van der Waals surface area contributed by atoms with E-state index in [1.807, 2.05) is 6.92 Å². The lowest BCUT2D eigenvalue weighted by Crippen LogP contribution is -1.96. The Balaban J connectivity index is 2.62. The van der Waals surface area contributed by atoms with Crippen molar-refractivity contribution in [3.05, 3.63) is 35.0 Å². The first-order valence-corrected chi connectivity index (χ1v) is 5.81. The number of halogens is 3. The monoisotopic (exact) mass is 271 g/mol. The number of anilines is 1. The number of aryl methyl sites for hydroxylation is 1. The largest absolute Gasteiger partial charge is 0.398 e. The highest BCUT2D eigenvalue weighted by Gasteiger charge is 2.20. The van der Waals surface area contributed by atoms with Crippen molar-refractivity contribution >= 4 is 17.3 Å². The average Bonchev–Trinajstić information content (AvgIpc) is 2.76. The molecular weight excluding hydrogens is 260 g/mol. The lowest BCUT2D eigenvalue weighted by Gasteiger charge is -2.05. The van der Waals surface area contributed by atoms with Gasteiger partial charge in [-0.2, -0.15) is 5.10 Å². The van der Waals surface area contributed by atoms with Crippen molar-refractivity contribution in [3.8, 4) is 11.3 Å². The standard InChI is InChI=1S/C12H12ClF2N3/c1-2-18-6-9(12(14)15)11(17-18)8-5-7(13)3-4-10(8)16/h3-6,12H,2,16H2,1H3. The first-order chi connectivity index (χ1) is 8.52. The van der Waals surface area contributed by atoms with E-state index in [1.165, 1.54) is 10.9 Å². The number of nitrogen functional groups attached to an aromatic ring is 1. The molecule has 0 aliphatic rings. The second-order valence-corrected chi connectivity index (χ2v) is 4.26. The third kappa shape index (κ3) is 2.31. The zero-order valence-corrected chi connectivity index (χ0v) is 10.5. The molecule has 0 aliphatic heterocycles. The summed E-state index contributed by atoms with van der Waals surface area (Å²) in [4.78, 5) is 0. The summed E-state index contributed by atoms with van der Waals surface area (Å²) < 4.78 is 27.4. The van der Waals surface area contributed by atoms with E-state index in [-0.39, 0.29) is 11.3 Å². The molecular formula is C12H12ClF2N3. The summed E-state index contributed by atoms with van der Waals surface area (Å²) >= 11 is 5.86. The molecule has 3 nitrogen and oxygen atoms in total. The van der Waals surface area contributed by atoms with E-state index in [2.05, 4.69) is 5.10 Å². The molecule has 0 amide bonds. The summed E-state index contributed by atoms with van der Waals surface area (Å²) in [5, 5.41) is 4.56. The first-order valence-electron chi connectivity index (χ1n) is 5.43. The number of aromatic nitrogens is 2. The molecule has 1 aromatic heterocycles. The van der Waals surface area contributed by atoms with Gasteiger partial charge in [-0.05, 0) is 25.1 Å². The van der Waals surface area contributed by atoms with Crippen LogP contribution < -0.4 is 5.73 Å². The van der Waals surface area contributed by atoms with Crippen LogP contribution in [-0.4, -0.2) is 9.78 Å². The topological polar surface area (TPSA) is 43.8 Å². The zero-order chi connectivity index (χ0) is 13.3. The molecule has 1 heterocycles. The maximum absolute atomic E-state index is 13.0. The molecule has 0 unspecified atom stereocenters. The van der Waals surface area contributed by atoms with E-state index < -0.39 is 6.43 Å². The SMILES string of the molecule is CCn1cc(C(F)F)c(-c2cc(Cl)ccc2N)n1. The predicted octanol–water partition coefficient (Wildman–Crippen LogP) is 3.74. The van der Waals surface area contributed by atoms with E-state index in [9.17, 15) is 8.78 Å². The van der Waals surface area contributed by atoms with E-state index in [1.54, 1.807) is 18.2 Å². The molecule has 18 heavy (non-hydrogen) atoms. The van der Waals surface area contributed by atoms with Crippen LogP contribution >= 0.6 is 11.6 Å². The van der Waals surface area contributed by atoms with Gasteiger partial charge in [0.25, 0.3) is 6.43 Å². The number of benzene rings is 1. The van der Waals surface area contributed by atoms with Crippen molar-refractivity contribution < 1.29 is 8.78 Å². The first kappa shape index (κ1) is 12.8. The summed E-state index contributed by atoms with van der Waals surface area (Å²) in [6, 6.07) is 4.74. The molecule has 0 radical (unpaired) electrons. The van der Waals surface area contributed by atoms with Crippen LogP contribution in [0.25, 0.3) is 11.3 Å². The van der Waals surface area contributed by atoms with Gasteiger partial charge < -0.3 is 5.73 Å². The molecule has 0 aliphatic carbocycles. The normalized spacial score (nSPS) is 11.2. The molecule has 0 saturated heterocycles. The average molecular weight is 272 g/mol. The quantitative estimate of drug-likeness (QED) is 0.864. The highest BCUT2D eigenvalue weighted by Crippen LogP contribution is 2.34. The van der Waals surface area contributed by atoms with Gasteiger partial charge in [-0.1, -0.05) is 11.6 Å². The lowest BCUT2D eigenvalue weighted by atomic mass is 10.1. The van der Waals surface area contributed by atoms with E-state index in [4.69, 9.17) is 17.3 Å². The van der Waals surface area contributed by atoms with Crippen LogP contribution in [0.1, 0.15) is 18.9 Å². The Morgan fingerprint density at radius 2 is 2.17 bits per heavy atom. The lowest BCUT2D eigenvalue weighted by molar-refractivity contribution is 0.152.